The molecule has 10 heteroatoms. The second-order valence-corrected chi connectivity index (χ2v) is 7.67. The van der Waals surface area contributed by atoms with Gasteiger partial charge in [0.2, 0.25) is 5.91 Å². The molecule has 0 spiro atoms. The van der Waals surface area contributed by atoms with Gasteiger partial charge in [0.25, 0.3) is 0 Å². The van der Waals surface area contributed by atoms with E-state index in [1.807, 2.05) is 14.1 Å². The van der Waals surface area contributed by atoms with Crippen LogP contribution in [-0.2, 0) is 9.53 Å². The highest BCUT2D eigenvalue weighted by atomic mass is 16.5. The molecule has 4 N–H and O–H groups in total. The van der Waals surface area contributed by atoms with Crippen LogP contribution in [0.2, 0.25) is 0 Å². The Morgan fingerprint density at radius 1 is 1.28 bits per heavy atom. The van der Waals surface area contributed by atoms with Gasteiger partial charge in [-0.25, -0.2) is 4.79 Å². The Morgan fingerprint density at radius 3 is 2.66 bits per heavy atom. The molecule has 29 heavy (non-hydrogen) atoms. The van der Waals surface area contributed by atoms with Crippen LogP contribution in [0.15, 0.2) is 4.52 Å². The number of nitrogens with one attached hydrogen (secondary N) is 3. The van der Waals surface area contributed by atoms with Crippen LogP contribution in [0.1, 0.15) is 37.1 Å². The van der Waals surface area contributed by atoms with Crippen molar-refractivity contribution in [3.63, 3.8) is 0 Å². The number of anilines is 1. The quantitative estimate of drug-likeness (QED) is 0.442. The third-order valence-electron chi connectivity index (χ3n) is 4.90. The van der Waals surface area contributed by atoms with Crippen LogP contribution in [-0.4, -0.2) is 79.1 Å². The molecular weight excluding hydrogens is 378 g/mol. The zero-order valence-corrected chi connectivity index (χ0v) is 17.7. The molecule has 1 aliphatic heterocycles. The maximum atomic E-state index is 12.3. The van der Waals surface area contributed by atoms with E-state index in [9.17, 15) is 14.7 Å². The fraction of sp³-hybridized carbons (Fsp3) is 0.737. The number of aryl methyl sites for hydroxylation is 2. The molecule has 1 aromatic rings. The lowest BCUT2D eigenvalue weighted by Gasteiger charge is -2.35. The SMILES string of the molecule is Cc1noc(C)c1NC(=O)N[C@H]1CC[C@@H](CC(=O)NCCCN(C)C)O[C@@H]1CO. The summed E-state index contributed by atoms with van der Waals surface area (Å²) in [6.45, 7) is 4.75. The summed E-state index contributed by atoms with van der Waals surface area (Å²) in [4.78, 5) is 26.5. The highest BCUT2D eigenvalue weighted by Gasteiger charge is 2.33. The van der Waals surface area contributed by atoms with Gasteiger partial charge in [-0.2, -0.15) is 0 Å². The van der Waals surface area contributed by atoms with Gasteiger partial charge < -0.3 is 35.2 Å². The Balaban J connectivity index is 1.77. The molecule has 0 saturated carbocycles. The first-order valence-electron chi connectivity index (χ1n) is 9.98. The molecule has 1 aromatic heterocycles. The predicted octanol–water partition coefficient (Wildman–Crippen LogP) is 0.779. The summed E-state index contributed by atoms with van der Waals surface area (Å²) in [7, 11) is 3.98. The highest BCUT2D eigenvalue weighted by molar-refractivity contribution is 5.90. The van der Waals surface area contributed by atoms with E-state index in [-0.39, 0.29) is 31.1 Å². The van der Waals surface area contributed by atoms with Crippen LogP contribution in [0.3, 0.4) is 0 Å². The number of aromatic nitrogens is 1. The molecule has 10 nitrogen and oxygen atoms in total. The molecule has 164 valence electrons. The third kappa shape index (κ3) is 7.30. The summed E-state index contributed by atoms with van der Waals surface area (Å²) >= 11 is 0. The smallest absolute Gasteiger partial charge is 0.319 e. The second-order valence-electron chi connectivity index (χ2n) is 7.67. The van der Waals surface area contributed by atoms with Gasteiger partial charge >= 0.3 is 6.03 Å². The van der Waals surface area contributed by atoms with Crippen LogP contribution in [0.5, 0.6) is 0 Å². The maximum Gasteiger partial charge on any atom is 0.319 e. The number of urea groups is 1. The Kier molecular flexibility index (Phi) is 8.87. The number of aliphatic hydroxyl groups excluding tert-OH is 1. The molecule has 0 unspecified atom stereocenters. The van der Waals surface area contributed by atoms with Gasteiger partial charge in [0, 0.05) is 6.54 Å². The molecule has 2 rings (SSSR count). The van der Waals surface area contributed by atoms with Crippen molar-refractivity contribution < 1.29 is 24.0 Å². The van der Waals surface area contributed by atoms with Gasteiger partial charge in [0.1, 0.15) is 17.5 Å². The fourth-order valence-electron chi connectivity index (χ4n) is 3.33. The van der Waals surface area contributed by atoms with Crippen LogP contribution >= 0.6 is 0 Å². The van der Waals surface area contributed by atoms with Crippen molar-refractivity contribution in [2.75, 3.05) is 39.1 Å². The molecule has 1 saturated heterocycles. The van der Waals surface area contributed by atoms with Crippen molar-refractivity contribution in [3.05, 3.63) is 11.5 Å². The summed E-state index contributed by atoms with van der Waals surface area (Å²) in [6.07, 6.45) is 1.53. The highest BCUT2D eigenvalue weighted by Crippen LogP contribution is 2.23. The van der Waals surface area contributed by atoms with Crippen molar-refractivity contribution in [3.8, 4) is 0 Å². The molecule has 1 aliphatic rings. The number of nitrogens with zero attached hydrogens (tertiary/aromatic N) is 2. The van der Waals surface area contributed by atoms with Crippen molar-refractivity contribution >= 4 is 17.6 Å². The lowest BCUT2D eigenvalue weighted by molar-refractivity contribution is -0.130. The Hall–Kier alpha value is -2.17. The molecule has 3 atom stereocenters. The van der Waals surface area contributed by atoms with Crippen molar-refractivity contribution in [2.45, 2.75) is 57.8 Å². The Bertz CT molecular complexity index is 658. The monoisotopic (exact) mass is 411 g/mol. The molecule has 0 aliphatic carbocycles. The average molecular weight is 412 g/mol. The second kappa shape index (κ2) is 11.1. The largest absolute Gasteiger partial charge is 0.394 e. The first-order valence-corrected chi connectivity index (χ1v) is 9.98. The van der Waals surface area contributed by atoms with Gasteiger partial charge in [0.15, 0.2) is 5.76 Å². The maximum absolute atomic E-state index is 12.3. The summed E-state index contributed by atoms with van der Waals surface area (Å²) in [6, 6.07) is -0.761. The van der Waals surface area contributed by atoms with Gasteiger partial charge in [-0.05, 0) is 53.8 Å². The van der Waals surface area contributed by atoms with E-state index >= 15 is 0 Å². The summed E-state index contributed by atoms with van der Waals surface area (Å²) < 4.78 is 10.9. The van der Waals surface area contributed by atoms with Crippen LogP contribution in [0.4, 0.5) is 10.5 Å². The Labute approximate surface area is 171 Å². The zero-order chi connectivity index (χ0) is 21.4. The first-order chi connectivity index (χ1) is 13.8. The Morgan fingerprint density at radius 2 is 2.03 bits per heavy atom. The van der Waals surface area contributed by atoms with Crippen molar-refractivity contribution in [1.29, 1.82) is 0 Å². The topological polar surface area (TPSA) is 129 Å². The fourth-order valence-corrected chi connectivity index (χ4v) is 3.33. The standard InChI is InChI=1S/C19H33N5O5/c1-12-18(13(2)29-23-12)22-19(27)21-15-7-6-14(28-16(15)11-25)10-17(26)20-8-5-9-24(3)4/h14-16,25H,5-11H2,1-4H3,(H,20,26)(H2,21,22,27)/t14-,15-,16+/m0/s1. The first kappa shape index (κ1) is 23.1. The zero-order valence-electron chi connectivity index (χ0n) is 17.7. The third-order valence-corrected chi connectivity index (χ3v) is 4.90. The predicted molar refractivity (Wildman–Crippen MR) is 108 cm³/mol. The number of ether oxygens (including phenoxy) is 1. The van der Waals surface area contributed by atoms with E-state index in [1.54, 1.807) is 13.8 Å². The number of hydrogen-bond donors (Lipinski definition) is 4. The number of aliphatic hydroxyl groups is 1. The van der Waals surface area contributed by atoms with E-state index in [0.717, 1.165) is 13.0 Å². The van der Waals surface area contributed by atoms with E-state index in [1.165, 1.54) is 0 Å². The van der Waals surface area contributed by atoms with E-state index in [2.05, 4.69) is 26.0 Å². The van der Waals surface area contributed by atoms with E-state index in [0.29, 0.717) is 36.5 Å². The van der Waals surface area contributed by atoms with Crippen molar-refractivity contribution in [1.82, 2.24) is 20.7 Å². The molecule has 2 heterocycles. The molecule has 3 amide bonds. The molecule has 1 fully saturated rings. The summed E-state index contributed by atoms with van der Waals surface area (Å²) in [5.74, 6) is 0.459. The lowest BCUT2D eigenvalue weighted by atomic mass is 9.97. The number of rotatable bonds is 9. The van der Waals surface area contributed by atoms with E-state index in [4.69, 9.17) is 9.26 Å². The van der Waals surface area contributed by atoms with Crippen LogP contribution in [0, 0.1) is 13.8 Å². The average Bonchev–Trinajstić information content (AvgIpc) is 2.98. The van der Waals surface area contributed by atoms with Gasteiger partial charge in [-0.3, -0.25) is 4.79 Å². The summed E-state index contributed by atoms with van der Waals surface area (Å²) in [5, 5.41) is 21.9. The van der Waals surface area contributed by atoms with E-state index < -0.39 is 12.1 Å². The minimum Gasteiger partial charge on any atom is -0.394 e. The number of carbonyl (C=O) groups excluding carboxylic acids is 2. The molecule has 0 aromatic carbocycles. The molecular formula is C19H33N5O5. The number of carbonyl (C=O) groups is 2. The molecule has 0 bridgehead atoms. The number of hydrogen-bond acceptors (Lipinski definition) is 7. The lowest BCUT2D eigenvalue weighted by Crippen LogP contribution is -2.52. The van der Waals surface area contributed by atoms with Gasteiger partial charge in [-0.1, -0.05) is 5.16 Å². The van der Waals surface area contributed by atoms with Crippen LogP contribution in [0.25, 0.3) is 0 Å². The molecule has 0 radical (unpaired) electrons. The normalized spacial score (nSPS) is 21.8. The van der Waals surface area contributed by atoms with Gasteiger partial charge in [-0.15, -0.1) is 0 Å². The number of amides is 3. The van der Waals surface area contributed by atoms with Gasteiger partial charge in [0.05, 0.1) is 25.2 Å². The minimum atomic E-state index is -0.564. The van der Waals surface area contributed by atoms with Crippen LogP contribution < -0.4 is 16.0 Å². The van der Waals surface area contributed by atoms with Crippen molar-refractivity contribution in [2.24, 2.45) is 0 Å². The summed E-state index contributed by atoms with van der Waals surface area (Å²) in [5.41, 5.74) is 1.12. The minimum absolute atomic E-state index is 0.0620.